The molecule has 3 rings (SSSR count). The average molecular weight is 344 g/mol. The Morgan fingerprint density at radius 1 is 1.00 bits per heavy atom. The van der Waals surface area contributed by atoms with Crippen LogP contribution < -0.4 is 20.1 Å². The summed E-state index contributed by atoms with van der Waals surface area (Å²) < 4.78 is 23.2. The lowest BCUT2D eigenvalue weighted by atomic mass is 10.2. The fourth-order valence-electron chi connectivity index (χ4n) is 2.32. The number of benzene rings is 2. The molecule has 0 saturated heterocycles. The summed E-state index contributed by atoms with van der Waals surface area (Å²) in [6.45, 7) is 0.673. The standard InChI is InChI=1S/C18H17FN2O4/c19-14-4-1-12(2-5-14)10-21-17(22)7-8-20-18(23)13-3-6-15-16(9-13)25-11-24-15/h1-6,9H,7-8,10-11H2,(H,20,23)(H,21,22). The van der Waals surface area contributed by atoms with Crippen LogP contribution in [0.25, 0.3) is 0 Å². The number of amides is 2. The van der Waals surface area contributed by atoms with Gasteiger partial charge in [-0.2, -0.15) is 0 Å². The zero-order valence-electron chi connectivity index (χ0n) is 13.4. The zero-order valence-corrected chi connectivity index (χ0v) is 13.4. The molecular weight excluding hydrogens is 327 g/mol. The van der Waals surface area contributed by atoms with Crippen LogP contribution in [0.4, 0.5) is 4.39 Å². The Bertz CT molecular complexity index is 777. The van der Waals surface area contributed by atoms with Crippen molar-refractivity contribution in [2.45, 2.75) is 13.0 Å². The van der Waals surface area contributed by atoms with Crippen LogP contribution in [0.5, 0.6) is 11.5 Å². The predicted octanol–water partition coefficient (Wildman–Crippen LogP) is 1.99. The highest BCUT2D eigenvalue weighted by Gasteiger charge is 2.16. The average Bonchev–Trinajstić information content (AvgIpc) is 3.09. The molecule has 0 aromatic heterocycles. The van der Waals surface area contributed by atoms with Gasteiger partial charge in [0.15, 0.2) is 11.5 Å². The maximum absolute atomic E-state index is 12.8. The second-order valence-electron chi connectivity index (χ2n) is 5.48. The molecule has 2 aromatic carbocycles. The minimum Gasteiger partial charge on any atom is -0.454 e. The number of hydrogen-bond acceptors (Lipinski definition) is 4. The number of fused-ring (bicyclic) bond motifs is 1. The van der Waals surface area contributed by atoms with Crippen molar-refractivity contribution >= 4 is 11.8 Å². The van der Waals surface area contributed by atoms with Gasteiger partial charge < -0.3 is 20.1 Å². The van der Waals surface area contributed by atoms with Gasteiger partial charge in [-0.25, -0.2) is 4.39 Å². The first-order valence-electron chi connectivity index (χ1n) is 7.81. The van der Waals surface area contributed by atoms with Crippen LogP contribution in [0.15, 0.2) is 42.5 Å². The van der Waals surface area contributed by atoms with Crippen molar-refractivity contribution in [3.63, 3.8) is 0 Å². The Hall–Kier alpha value is -3.09. The van der Waals surface area contributed by atoms with E-state index in [2.05, 4.69) is 10.6 Å². The first-order valence-corrected chi connectivity index (χ1v) is 7.81. The smallest absolute Gasteiger partial charge is 0.251 e. The van der Waals surface area contributed by atoms with E-state index in [1.54, 1.807) is 30.3 Å². The number of carbonyl (C=O) groups excluding carboxylic acids is 2. The SMILES string of the molecule is O=C(CCNC(=O)c1ccc2c(c1)OCO2)NCc1ccc(F)cc1. The van der Waals surface area contributed by atoms with Crippen LogP contribution in [0, 0.1) is 5.82 Å². The second kappa shape index (κ2) is 7.65. The minimum atomic E-state index is -0.318. The van der Waals surface area contributed by atoms with Crippen molar-refractivity contribution in [2.75, 3.05) is 13.3 Å². The molecule has 7 heteroatoms. The molecule has 2 N–H and O–H groups in total. The van der Waals surface area contributed by atoms with Crippen LogP contribution in [-0.4, -0.2) is 25.2 Å². The third kappa shape index (κ3) is 4.47. The third-order valence-corrected chi connectivity index (χ3v) is 3.68. The number of rotatable bonds is 6. The molecule has 1 heterocycles. The minimum absolute atomic E-state index is 0.147. The topological polar surface area (TPSA) is 76.7 Å². The molecule has 0 spiro atoms. The van der Waals surface area contributed by atoms with Crippen LogP contribution in [0.1, 0.15) is 22.3 Å². The van der Waals surface area contributed by atoms with E-state index in [1.807, 2.05) is 0 Å². The van der Waals surface area contributed by atoms with Gasteiger partial charge in [-0.15, -0.1) is 0 Å². The van der Waals surface area contributed by atoms with Crippen LogP contribution in [-0.2, 0) is 11.3 Å². The first kappa shape index (κ1) is 16.8. The molecular formula is C18H17FN2O4. The molecule has 2 amide bonds. The summed E-state index contributed by atoms with van der Waals surface area (Å²) in [6.07, 6.45) is 0.150. The van der Waals surface area contributed by atoms with Gasteiger partial charge in [0, 0.05) is 25.1 Å². The fourth-order valence-corrected chi connectivity index (χ4v) is 2.32. The molecule has 1 aliphatic heterocycles. The van der Waals surface area contributed by atoms with Crippen LogP contribution >= 0.6 is 0 Å². The van der Waals surface area contributed by atoms with Gasteiger partial charge >= 0.3 is 0 Å². The molecule has 0 saturated carbocycles. The highest BCUT2D eigenvalue weighted by molar-refractivity contribution is 5.95. The second-order valence-corrected chi connectivity index (χ2v) is 5.48. The van der Waals surface area contributed by atoms with Crippen molar-refractivity contribution in [3.8, 4) is 11.5 Å². The lowest BCUT2D eigenvalue weighted by Crippen LogP contribution is -2.30. The van der Waals surface area contributed by atoms with Crippen molar-refractivity contribution in [3.05, 3.63) is 59.4 Å². The zero-order chi connectivity index (χ0) is 17.6. The largest absolute Gasteiger partial charge is 0.454 e. The predicted molar refractivity (Wildman–Crippen MR) is 87.8 cm³/mol. The Balaban J connectivity index is 1.40. The fraction of sp³-hybridized carbons (Fsp3) is 0.222. The molecule has 2 aromatic rings. The van der Waals surface area contributed by atoms with Gasteiger partial charge in [-0.1, -0.05) is 12.1 Å². The Morgan fingerprint density at radius 3 is 2.56 bits per heavy atom. The van der Waals surface area contributed by atoms with E-state index in [0.717, 1.165) is 5.56 Å². The van der Waals surface area contributed by atoms with E-state index < -0.39 is 0 Å². The van der Waals surface area contributed by atoms with E-state index >= 15 is 0 Å². The molecule has 0 atom stereocenters. The van der Waals surface area contributed by atoms with Crippen molar-refractivity contribution in [1.82, 2.24) is 10.6 Å². The highest BCUT2D eigenvalue weighted by Crippen LogP contribution is 2.32. The summed E-state index contributed by atoms with van der Waals surface area (Å²) in [5.74, 6) is 0.336. The summed E-state index contributed by atoms with van der Waals surface area (Å²) in [5.41, 5.74) is 1.25. The summed E-state index contributed by atoms with van der Waals surface area (Å²) in [7, 11) is 0. The van der Waals surface area contributed by atoms with Crippen molar-refractivity contribution in [2.24, 2.45) is 0 Å². The Labute approximate surface area is 143 Å². The molecule has 130 valence electrons. The number of carbonyl (C=O) groups is 2. The molecule has 0 aliphatic carbocycles. The molecule has 25 heavy (non-hydrogen) atoms. The summed E-state index contributed by atoms with van der Waals surface area (Å²) in [5, 5.41) is 5.40. The highest BCUT2D eigenvalue weighted by atomic mass is 19.1. The van der Waals surface area contributed by atoms with Crippen LogP contribution in [0.2, 0.25) is 0 Å². The van der Waals surface area contributed by atoms with E-state index in [-0.39, 0.29) is 37.4 Å². The number of halogens is 1. The molecule has 0 fully saturated rings. The first-order chi connectivity index (χ1) is 12.1. The summed E-state index contributed by atoms with van der Waals surface area (Å²) in [4.78, 5) is 23.8. The Morgan fingerprint density at radius 2 is 1.76 bits per heavy atom. The van der Waals surface area contributed by atoms with Crippen LogP contribution in [0.3, 0.4) is 0 Å². The quantitative estimate of drug-likeness (QED) is 0.840. The number of ether oxygens (including phenoxy) is 2. The van der Waals surface area contributed by atoms with Gasteiger partial charge in [0.1, 0.15) is 5.82 Å². The van der Waals surface area contributed by atoms with E-state index in [9.17, 15) is 14.0 Å². The van der Waals surface area contributed by atoms with Crippen molar-refractivity contribution in [1.29, 1.82) is 0 Å². The monoisotopic (exact) mass is 344 g/mol. The maximum Gasteiger partial charge on any atom is 0.251 e. The summed E-state index contributed by atoms with van der Waals surface area (Å²) in [6, 6.07) is 10.8. The lowest BCUT2D eigenvalue weighted by molar-refractivity contribution is -0.121. The van der Waals surface area contributed by atoms with E-state index in [0.29, 0.717) is 23.6 Å². The normalized spacial score (nSPS) is 11.9. The van der Waals surface area contributed by atoms with Gasteiger partial charge in [0.25, 0.3) is 5.91 Å². The molecule has 0 bridgehead atoms. The molecule has 0 unspecified atom stereocenters. The van der Waals surface area contributed by atoms with Gasteiger partial charge in [0.2, 0.25) is 12.7 Å². The number of nitrogens with one attached hydrogen (secondary N) is 2. The number of hydrogen-bond donors (Lipinski definition) is 2. The van der Waals surface area contributed by atoms with Gasteiger partial charge in [-0.3, -0.25) is 9.59 Å². The third-order valence-electron chi connectivity index (χ3n) is 3.68. The Kier molecular flexibility index (Phi) is 5.13. The molecule has 1 aliphatic rings. The van der Waals surface area contributed by atoms with Crippen molar-refractivity contribution < 1.29 is 23.5 Å². The van der Waals surface area contributed by atoms with Gasteiger partial charge in [0.05, 0.1) is 0 Å². The molecule has 0 radical (unpaired) electrons. The molecule has 6 nitrogen and oxygen atoms in total. The van der Waals surface area contributed by atoms with E-state index in [1.165, 1.54) is 12.1 Å². The van der Waals surface area contributed by atoms with E-state index in [4.69, 9.17) is 9.47 Å². The summed E-state index contributed by atoms with van der Waals surface area (Å²) >= 11 is 0. The lowest BCUT2D eigenvalue weighted by Gasteiger charge is -2.07. The maximum atomic E-state index is 12.8. The van der Waals surface area contributed by atoms with Gasteiger partial charge in [-0.05, 0) is 35.9 Å².